The van der Waals surface area contributed by atoms with E-state index >= 15 is 0 Å². The highest BCUT2D eigenvalue weighted by Crippen LogP contribution is 2.40. The number of ether oxygens (including phenoxy) is 1. The van der Waals surface area contributed by atoms with Crippen molar-refractivity contribution in [2.75, 3.05) is 13.2 Å². The molecule has 2 fully saturated rings. The molecule has 104 valence electrons. The predicted molar refractivity (Wildman–Crippen MR) is 60.5 cm³/mol. The molecule has 3 rings (SSSR count). The molecule has 0 bridgehead atoms. The molecule has 7 heteroatoms. The van der Waals surface area contributed by atoms with Crippen molar-refractivity contribution < 1.29 is 17.9 Å². The molecule has 3 unspecified atom stereocenters. The fourth-order valence-electron chi connectivity index (χ4n) is 2.73. The highest BCUT2D eigenvalue weighted by atomic mass is 19.4. The van der Waals surface area contributed by atoms with Crippen LogP contribution < -0.4 is 10.1 Å². The van der Waals surface area contributed by atoms with E-state index < -0.39 is 11.9 Å². The van der Waals surface area contributed by atoms with Gasteiger partial charge in [-0.1, -0.05) is 0 Å². The molecule has 19 heavy (non-hydrogen) atoms. The van der Waals surface area contributed by atoms with Crippen LogP contribution >= 0.6 is 0 Å². The summed E-state index contributed by atoms with van der Waals surface area (Å²) in [7, 11) is 0. The molecule has 2 heterocycles. The number of hydrogen-bond donors (Lipinski definition) is 1. The molecule has 1 aliphatic carbocycles. The van der Waals surface area contributed by atoms with Gasteiger partial charge in [0.25, 0.3) is 0 Å². The Morgan fingerprint density at radius 1 is 1.26 bits per heavy atom. The minimum atomic E-state index is -4.46. The first-order chi connectivity index (χ1) is 9.04. The van der Waals surface area contributed by atoms with Crippen LogP contribution in [0.25, 0.3) is 0 Å². The Kier molecular flexibility index (Phi) is 3.08. The second kappa shape index (κ2) is 4.63. The molecule has 1 N–H and O–H groups in total. The van der Waals surface area contributed by atoms with E-state index in [4.69, 9.17) is 4.74 Å². The molecule has 1 saturated heterocycles. The number of hydrogen-bond acceptors (Lipinski definition) is 4. The Hall–Kier alpha value is -1.37. The van der Waals surface area contributed by atoms with Crippen molar-refractivity contribution in [1.82, 2.24) is 15.3 Å². The van der Waals surface area contributed by atoms with Gasteiger partial charge in [-0.3, -0.25) is 0 Å². The lowest BCUT2D eigenvalue weighted by Gasteiger charge is -2.32. The van der Waals surface area contributed by atoms with Crippen LogP contribution in [0.4, 0.5) is 13.2 Å². The molecule has 1 saturated carbocycles. The molecule has 1 aromatic rings. The molecular weight excluding hydrogens is 259 g/mol. The molecular formula is C12H14F3N3O. The SMILES string of the molecule is FC(F)(F)c1cnc(OCC2NCC3CCC32)cn1. The first-order valence-electron chi connectivity index (χ1n) is 6.29. The first kappa shape index (κ1) is 12.7. The van der Waals surface area contributed by atoms with Gasteiger partial charge < -0.3 is 10.1 Å². The fraction of sp³-hybridized carbons (Fsp3) is 0.667. The monoisotopic (exact) mass is 273 g/mol. The highest BCUT2D eigenvalue weighted by Gasteiger charge is 2.42. The van der Waals surface area contributed by atoms with Gasteiger partial charge in [0.15, 0.2) is 5.69 Å². The summed E-state index contributed by atoms with van der Waals surface area (Å²) in [4.78, 5) is 6.95. The number of nitrogens with one attached hydrogen (secondary N) is 1. The number of halogens is 3. The van der Waals surface area contributed by atoms with Crippen LogP contribution in [0.2, 0.25) is 0 Å². The largest absolute Gasteiger partial charge is 0.475 e. The van der Waals surface area contributed by atoms with Gasteiger partial charge in [-0.25, -0.2) is 9.97 Å². The van der Waals surface area contributed by atoms with Crippen molar-refractivity contribution in [1.29, 1.82) is 0 Å². The van der Waals surface area contributed by atoms with Crippen molar-refractivity contribution in [3.8, 4) is 5.88 Å². The average Bonchev–Trinajstić information content (AvgIpc) is 2.60. The lowest BCUT2D eigenvalue weighted by Crippen LogP contribution is -2.36. The Balaban J connectivity index is 1.55. The van der Waals surface area contributed by atoms with Crippen molar-refractivity contribution in [3.05, 3.63) is 18.1 Å². The van der Waals surface area contributed by atoms with Crippen molar-refractivity contribution in [3.63, 3.8) is 0 Å². The maximum atomic E-state index is 12.3. The van der Waals surface area contributed by atoms with E-state index in [9.17, 15) is 13.2 Å². The van der Waals surface area contributed by atoms with Crippen LogP contribution in [0, 0.1) is 11.8 Å². The second-order valence-corrected chi connectivity index (χ2v) is 5.06. The van der Waals surface area contributed by atoms with Crippen LogP contribution in [-0.4, -0.2) is 29.2 Å². The topological polar surface area (TPSA) is 47.0 Å². The van der Waals surface area contributed by atoms with Gasteiger partial charge in [-0.05, 0) is 31.2 Å². The Bertz CT molecular complexity index is 449. The quantitative estimate of drug-likeness (QED) is 0.913. The van der Waals surface area contributed by atoms with Gasteiger partial charge >= 0.3 is 6.18 Å². The molecule has 2 aliphatic rings. The molecule has 0 amide bonds. The Morgan fingerprint density at radius 3 is 2.63 bits per heavy atom. The number of fused-ring (bicyclic) bond motifs is 1. The Morgan fingerprint density at radius 2 is 2.11 bits per heavy atom. The number of alkyl halides is 3. The number of nitrogens with zero attached hydrogens (tertiary/aromatic N) is 2. The van der Waals surface area contributed by atoms with Crippen LogP contribution in [0.5, 0.6) is 5.88 Å². The van der Waals surface area contributed by atoms with Crippen LogP contribution in [0.1, 0.15) is 18.5 Å². The zero-order valence-corrected chi connectivity index (χ0v) is 10.2. The molecule has 0 spiro atoms. The summed E-state index contributed by atoms with van der Waals surface area (Å²) in [5.74, 6) is 1.52. The third-order valence-electron chi connectivity index (χ3n) is 3.96. The molecule has 0 radical (unpaired) electrons. The van der Waals surface area contributed by atoms with E-state index in [-0.39, 0.29) is 11.9 Å². The molecule has 0 aromatic carbocycles. The number of rotatable bonds is 3. The van der Waals surface area contributed by atoms with E-state index in [0.717, 1.165) is 18.7 Å². The van der Waals surface area contributed by atoms with Gasteiger partial charge in [-0.2, -0.15) is 13.2 Å². The third kappa shape index (κ3) is 2.51. The summed E-state index contributed by atoms with van der Waals surface area (Å²) < 4.78 is 42.3. The second-order valence-electron chi connectivity index (χ2n) is 5.06. The minimum Gasteiger partial charge on any atom is -0.475 e. The van der Waals surface area contributed by atoms with E-state index in [0.29, 0.717) is 18.7 Å². The van der Waals surface area contributed by atoms with Crippen molar-refractivity contribution >= 4 is 0 Å². The fourth-order valence-corrected chi connectivity index (χ4v) is 2.73. The predicted octanol–water partition coefficient (Wildman–Crippen LogP) is 1.87. The normalized spacial score (nSPS) is 29.7. The van der Waals surface area contributed by atoms with Gasteiger partial charge in [0.1, 0.15) is 6.61 Å². The van der Waals surface area contributed by atoms with Crippen LogP contribution in [0.15, 0.2) is 12.4 Å². The van der Waals surface area contributed by atoms with E-state index in [1.165, 1.54) is 12.8 Å². The lowest BCUT2D eigenvalue weighted by molar-refractivity contribution is -0.141. The summed E-state index contributed by atoms with van der Waals surface area (Å²) in [6.07, 6.45) is -0.282. The third-order valence-corrected chi connectivity index (χ3v) is 3.96. The molecule has 1 aliphatic heterocycles. The Labute approximate surface area is 108 Å². The average molecular weight is 273 g/mol. The summed E-state index contributed by atoms with van der Waals surface area (Å²) in [5.41, 5.74) is -1.00. The zero-order chi connectivity index (χ0) is 13.5. The van der Waals surface area contributed by atoms with Crippen molar-refractivity contribution in [2.24, 2.45) is 11.8 Å². The maximum absolute atomic E-state index is 12.3. The molecule has 3 atom stereocenters. The summed E-state index contributed by atoms with van der Waals surface area (Å²) >= 11 is 0. The summed E-state index contributed by atoms with van der Waals surface area (Å²) in [6.45, 7) is 1.44. The lowest BCUT2D eigenvalue weighted by atomic mass is 9.73. The first-order valence-corrected chi connectivity index (χ1v) is 6.29. The highest BCUT2D eigenvalue weighted by molar-refractivity contribution is 5.10. The van der Waals surface area contributed by atoms with E-state index in [1.54, 1.807) is 0 Å². The standard InChI is InChI=1S/C12H14F3N3O/c13-12(14,15)10-4-18-11(5-17-10)19-6-9-8-2-1-7(8)3-16-9/h4-5,7-9,16H,1-3,6H2. The van der Waals surface area contributed by atoms with Crippen LogP contribution in [0.3, 0.4) is 0 Å². The van der Waals surface area contributed by atoms with Crippen LogP contribution in [-0.2, 0) is 6.18 Å². The zero-order valence-electron chi connectivity index (χ0n) is 10.2. The van der Waals surface area contributed by atoms with Gasteiger partial charge in [0.2, 0.25) is 5.88 Å². The molecule has 1 aromatic heterocycles. The summed E-state index contributed by atoms with van der Waals surface area (Å²) in [6, 6.07) is 0.280. The van der Waals surface area contributed by atoms with Gasteiger partial charge in [-0.15, -0.1) is 0 Å². The smallest absolute Gasteiger partial charge is 0.434 e. The summed E-state index contributed by atoms with van der Waals surface area (Å²) in [5, 5.41) is 3.37. The minimum absolute atomic E-state index is 0.137. The van der Waals surface area contributed by atoms with Crippen molar-refractivity contribution in [2.45, 2.75) is 25.1 Å². The van der Waals surface area contributed by atoms with E-state index in [1.807, 2.05) is 0 Å². The van der Waals surface area contributed by atoms with E-state index in [2.05, 4.69) is 15.3 Å². The van der Waals surface area contributed by atoms with Gasteiger partial charge in [0.05, 0.1) is 12.4 Å². The number of aromatic nitrogens is 2. The van der Waals surface area contributed by atoms with Gasteiger partial charge in [0, 0.05) is 6.04 Å². The maximum Gasteiger partial charge on any atom is 0.434 e. The molecule has 4 nitrogen and oxygen atoms in total.